The highest BCUT2D eigenvalue weighted by atomic mass is 32.2. The van der Waals surface area contributed by atoms with Crippen LogP contribution in [0.4, 0.5) is 10.5 Å². The molecule has 0 bridgehead atoms. The zero-order chi connectivity index (χ0) is 16.8. The molecule has 0 aliphatic heterocycles. The molecule has 6 heteroatoms. The number of hydrogen-bond donors (Lipinski definition) is 1. The average molecular weight is 338 g/mol. The van der Waals surface area contributed by atoms with Crippen molar-refractivity contribution in [3.8, 4) is 5.75 Å². The summed E-state index contributed by atoms with van der Waals surface area (Å²) in [4.78, 5) is 13.8. The molecular formula is C17H26N2O3S. The number of ether oxygens (including phenoxy) is 1. The Balaban J connectivity index is 1.86. The Hall–Kier alpha value is -1.56. The predicted molar refractivity (Wildman–Crippen MR) is 94.5 cm³/mol. The van der Waals surface area contributed by atoms with E-state index < -0.39 is 10.8 Å². The molecular weight excluding hydrogens is 312 g/mol. The second kappa shape index (κ2) is 8.34. The molecule has 1 aromatic rings. The third-order valence-electron chi connectivity index (χ3n) is 4.17. The van der Waals surface area contributed by atoms with Crippen LogP contribution in [-0.4, -0.2) is 46.3 Å². The summed E-state index contributed by atoms with van der Waals surface area (Å²) in [7, 11) is 0.789. The van der Waals surface area contributed by atoms with Crippen LogP contribution in [0.25, 0.3) is 0 Å². The Bertz CT molecular complexity index is 541. The SMILES string of the molecule is C[C@@H](C[S@](C)=O)N(C)C(=O)Nc1ccc(OC2CCCC2)cc1. The van der Waals surface area contributed by atoms with Crippen LogP contribution in [0.1, 0.15) is 32.6 Å². The standard InChI is InChI=1S/C17H26N2O3S/c1-13(12-23(3)21)19(2)17(20)18-14-8-10-16(11-9-14)22-15-6-4-5-7-15/h8-11,13,15H,4-7,12H2,1-3H3,(H,18,20)/t13-,23-/m0/s1. The van der Waals surface area contributed by atoms with E-state index in [4.69, 9.17) is 4.74 Å². The fraction of sp³-hybridized carbons (Fsp3) is 0.588. The fourth-order valence-electron chi connectivity index (χ4n) is 2.68. The third-order valence-corrected chi connectivity index (χ3v) is 5.12. The summed E-state index contributed by atoms with van der Waals surface area (Å²) in [6.07, 6.45) is 6.71. The van der Waals surface area contributed by atoms with Gasteiger partial charge in [-0.15, -0.1) is 0 Å². The average Bonchev–Trinajstić information content (AvgIpc) is 3.00. The second-order valence-corrected chi connectivity index (χ2v) is 7.66. The highest BCUT2D eigenvalue weighted by Gasteiger charge is 2.18. The number of carbonyl (C=O) groups excluding carboxylic acids is 1. The zero-order valence-corrected chi connectivity index (χ0v) is 14.9. The maximum Gasteiger partial charge on any atom is 0.321 e. The van der Waals surface area contributed by atoms with Crippen LogP contribution >= 0.6 is 0 Å². The quantitative estimate of drug-likeness (QED) is 0.866. The van der Waals surface area contributed by atoms with Gasteiger partial charge in [-0.1, -0.05) is 0 Å². The van der Waals surface area contributed by atoms with Gasteiger partial charge in [0.15, 0.2) is 0 Å². The smallest absolute Gasteiger partial charge is 0.321 e. The first-order chi connectivity index (χ1) is 11.0. The Morgan fingerprint density at radius 2 is 1.96 bits per heavy atom. The molecule has 0 spiro atoms. The Morgan fingerprint density at radius 3 is 2.52 bits per heavy atom. The largest absolute Gasteiger partial charge is 0.490 e. The van der Waals surface area contributed by atoms with Gasteiger partial charge in [0.2, 0.25) is 0 Å². The number of carbonyl (C=O) groups is 1. The first-order valence-corrected chi connectivity index (χ1v) is 9.79. The molecule has 1 aliphatic rings. The van der Waals surface area contributed by atoms with Crippen molar-refractivity contribution in [1.29, 1.82) is 0 Å². The van der Waals surface area contributed by atoms with Gasteiger partial charge >= 0.3 is 6.03 Å². The number of nitrogens with one attached hydrogen (secondary N) is 1. The van der Waals surface area contributed by atoms with Crippen LogP contribution in [0.5, 0.6) is 5.75 Å². The van der Waals surface area contributed by atoms with Crippen molar-refractivity contribution in [3.63, 3.8) is 0 Å². The molecule has 2 atom stereocenters. The summed E-state index contributed by atoms with van der Waals surface area (Å²) in [5.41, 5.74) is 0.727. The van der Waals surface area contributed by atoms with E-state index in [2.05, 4.69) is 5.32 Å². The van der Waals surface area contributed by atoms with Gasteiger partial charge in [0, 0.05) is 41.6 Å². The summed E-state index contributed by atoms with van der Waals surface area (Å²) in [6, 6.07) is 7.19. The molecule has 0 heterocycles. The molecule has 1 fully saturated rings. The summed E-state index contributed by atoms with van der Waals surface area (Å²) in [5, 5.41) is 2.85. The van der Waals surface area contributed by atoms with E-state index in [0.717, 1.165) is 24.3 Å². The van der Waals surface area contributed by atoms with E-state index in [9.17, 15) is 9.00 Å². The molecule has 2 amide bonds. The lowest BCUT2D eigenvalue weighted by Crippen LogP contribution is -2.40. The summed E-state index contributed by atoms with van der Waals surface area (Å²) in [5.74, 6) is 1.32. The molecule has 0 aromatic heterocycles. The number of nitrogens with zero attached hydrogens (tertiary/aromatic N) is 1. The first-order valence-electron chi connectivity index (χ1n) is 8.06. The minimum atomic E-state index is -0.923. The Labute approximate surface area is 140 Å². The van der Waals surface area contributed by atoms with E-state index in [0.29, 0.717) is 11.9 Å². The van der Waals surface area contributed by atoms with E-state index >= 15 is 0 Å². The van der Waals surface area contributed by atoms with Gasteiger partial charge in [0.1, 0.15) is 5.75 Å². The molecule has 0 unspecified atom stereocenters. The van der Waals surface area contributed by atoms with Gasteiger partial charge in [-0.25, -0.2) is 4.79 Å². The number of anilines is 1. The van der Waals surface area contributed by atoms with E-state index in [1.807, 2.05) is 31.2 Å². The topological polar surface area (TPSA) is 58.6 Å². The second-order valence-electron chi connectivity index (χ2n) is 6.18. The molecule has 0 saturated heterocycles. The lowest BCUT2D eigenvalue weighted by molar-refractivity contribution is 0.209. The lowest BCUT2D eigenvalue weighted by atomic mass is 10.2. The van der Waals surface area contributed by atoms with E-state index in [1.54, 1.807) is 18.2 Å². The molecule has 5 nitrogen and oxygen atoms in total. The van der Waals surface area contributed by atoms with Crippen molar-refractivity contribution in [3.05, 3.63) is 24.3 Å². The monoisotopic (exact) mass is 338 g/mol. The molecule has 23 heavy (non-hydrogen) atoms. The first kappa shape index (κ1) is 17.8. The molecule has 128 valence electrons. The van der Waals surface area contributed by atoms with E-state index in [1.165, 1.54) is 12.8 Å². The minimum Gasteiger partial charge on any atom is -0.490 e. The highest BCUT2D eigenvalue weighted by molar-refractivity contribution is 7.84. The molecule has 1 saturated carbocycles. The van der Waals surface area contributed by atoms with Crippen molar-refractivity contribution < 1.29 is 13.7 Å². The van der Waals surface area contributed by atoms with E-state index in [-0.39, 0.29) is 12.1 Å². The normalized spacial score (nSPS) is 17.5. The summed E-state index contributed by atoms with van der Waals surface area (Å²) in [6.45, 7) is 1.89. The van der Waals surface area contributed by atoms with Gasteiger partial charge < -0.3 is 15.0 Å². The van der Waals surface area contributed by atoms with Crippen LogP contribution in [0.3, 0.4) is 0 Å². The number of amides is 2. The van der Waals surface area contributed by atoms with Gasteiger partial charge in [-0.2, -0.15) is 0 Å². The van der Waals surface area contributed by atoms with Crippen LogP contribution < -0.4 is 10.1 Å². The molecule has 1 N–H and O–H groups in total. The number of rotatable bonds is 6. The molecule has 1 aliphatic carbocycles. The molecule has 2 rings (SSSR count). The number of hydrogen-bond acceptors (Lipinski definition) is 3. The molecule has 1 aromatic carbocycles. The van der Waals surface area contributed by atoms with Gasteiger partial charge in [-0.05, 0) is 56.9 Å². The van der Waals surface area contributed by atoms with Crippen LogP contribution in [-0.2, 0) is 10.8 Å². The zero-order valence-electron chi connectivity index (χ0n) is 14.1. The van der Waals surface area contributed by atoms with Crippen LogP contribution in [0, 0.1) is 0 Å². The number of benzene rings is 1. The maximum absolute atomic E-state index is 12.2. The van der Waals surface area contributed by atoms with Gasteiger partial charge in [-0.3, -0.25) is 4.21 Å². The van der Waals surface area contributed by atoms with Crippen molar-refractivity contribution in [2.75, 3.05) is 24.4 Å². The Morgan fingerprint density at radius 1 is 1.35 bits per heavy atom. The predicted octanol–water partition coefficient (Wildman–Crippen LogP) is 3.24. The van der Waals surface area contributed by atoms with Gasteiger partial charge in [0.05, 0.1) is 6.10 Å². The minimum absolute atomic E-state index is 0.0780. The van der Waals surface area contributed by atoms with Crippen molar-refractivity contribution in [2.24, 2.45) is 0 Å². The fourth-order valence-corrected chi connectivity index (χ4v) is 3.58. The summed E-state index contributed by atoms with van der Waals surface area (Å²) >= 11 is 0. The van der Waals surface area contributed by atoms with Crippen LogP contribution in [0.2, 0.25) is 0 Å². The summed E-state index contributed by atoms with van der Waals surface area (Å²) < 4.78 is 17.2. The van der Waals surface area contributed by atoms with Gasteiger partial charge in [0.25, 0.3) is 0 Å². The lowest BCUT2D eigenvalue weighted by Gasteiger charge is -2.24. The van der Waals surface area contributed by atoms with Crippen LogP contribution in [0.15, 0.2) is 24.3 Å². The Kier molecular flexibility index (Phi) is 6.45. The van der Waals surface area contributed by atoms with Crippen molar-refractivity contribution in [2.45, 2.75) is 44.8 Å². The van der Waals surface area contributed by atoms with Crippen molar-refractivity contribution in [1.82, 2.24) is 4.90 Å². The number of urea groups is 1. The third kappa shape index (κ3) is 5.53. The molecule has 0 radical (unpaired) electrons. The van der Waals surface area contributed by atoms with Crippen molar-refractivity contribution >= 4 is 22.5 Å². The highest BCUT2D eigenvalue weighted by Crippen LogP contribution is 2.25. The maximum atomic E-state index is 12.2.